The van der Waals surface area contributed by atoms with Crippen molar-refractivity contribution >= 4 is 10.0 Å². The molecule has 1 aromatic heterocycles. The lowest BCUT2D eigenvalue weighted by Crippen LogP contribution is -2.25. The highest BCUT2D eigenvalue weighted by Gasteiger charge is 2.17. The fourth-order valence-electron chi connectivity index (χ4n) is 2.03. The molecule has 0 aliphatic carbocycles. The van der Waals surface area contributed by atoms with E-state index in [9.17, 15) is 8.42 Å². The van der Waals surface area contributed by atoms with E-state index in [-0.39, 0.29) is 0 Å². The summed E-state index contributed by atoms with van der Waals surface area (Å²) in [6.45, 7) is 7.39. The molecule has 0 radical (unpaired) electrons. The summed E-state index contributed by atoms with van der Waals surface area (Å²) in [6.07, 6.45) is 3.35. The lowest BCUT2D eigenvalue weighted by Gasteiger charge is -2.07. The van der Waals surface area contributed by atoms with Gasteiger partial charge in [0.2, 0.25) is 10.0 Å². The van der Waals surface area contributed by atoms with Crippen molar-refractivity contribution in [1.82, 2.24) is 14.6 Å². The molecule has 0 bridgehead atoms. The number of ether oxygens (including phenoxy) is 1. The van der Waals surface area contributed by atoms with Crippen molar-refractivity contribution in [3.05, 3.63) is 18.0 Å². The highest BCUT2D eigenvalue weighted by Crippen LogP contribution is 2.15. The molecule has 6 nitrogen and oxygen atoms in total. The van der Waals surface area contributed by atoms with Gasteiger partial charge >= 0.3 is 0 Å². The Morgan fingerprint density at radius 3 is 2.71 bits per heavy atom. The van der Waals surface area contributed by atoms with Gasteiger partial charge in [-0.15, -0.1) is 0 Å². The summed E-state index contributed by atoms with van der Waals surface area (Å²) in [5.74, 6) is 0. The van der Waals surface area contributed by atoms with Gasteiger partial charge in [0, 0.05) is 45.2 Å². The average molecular weight is 317 g/mol. The van der Waals surface area contributed by atoms with Gasteiger partial charge < -0.3 is 14.6 Å². The molecule has 0 atom stereocenters. The van der Waals surface area contributed by atoms with Crippen molar-refractivity contribution in [2.75, 3.05) is 26.8 Å². The summed E-state index contributed by atoms with van der Waals surface area (Å²) in [5.41, 5.74) is 0.996. The van der Waals surface area contributed by atoms with Crippen LogP contribution in [0.25, 0.3) is 0 Å². The van der Waals surface area contributed by atoms with E-state index in [1.54, 1.807) is 19.4 Å². The number of hydrogen-bond acceptors (Lipinski definition) is 4. The molecule has 7 heteroatoms. The topological polar surface area (TPSA) is 72.4 Å². The minimum Gasteiger partial charge on any atom is -0.385 e. The number of hydrogen-bond donors (Lipinski definition) is 2. The standard InChI is InChI=1S/C14H27N3O3S/c1-4-8-17-12-14(10-13(17)11-15-5-2)21(18,19)16-7-6-9-20-3/h10,12,15-16H,4-9,11H2,1-3H3. The van der Waals surface area contributed by atoms with Gasteiger partial charge in [0.1, 0.15) is 0 Å². The van der Waals surface area contributed by atoms with Gasteiger partial charge in [-0.05, 0) is 25.5 Å². The number of rotatable bonds is 11. The van der Waals surface area contributed by atoms with Crippen LogP contribution in [-0.4, -0.2) is 39.8 Å². The molecule has 21 heavy (non-hydrogen) atoms. The van der Waals surface area contributed by atoms with E-state index in [0.29, 0.717) is 31.0 Å². The molecule has 0 saturated heterocycles. The van der Waals surface area contributed by atoms with Crippen molar-refractivity contribution in [1.29, 1.82) is 0 Å². The minimum atomic E-state index is -3.44. The first kappa shape index (κ1) is 18.2. The van der Waals surface area contributed by atoms with E-state index >= 15 is 0 Å². The molecule has 1 rings (SSSR count). The van der Waals surface area contributed by atoms with Gasteiger partial charge in [-0.2, -0.15) is 0 Å². The van der Waals surface area contributed by atoms with Crippen molar-refractivity contribution in [2.24, 2.45) is 0 Å². The SMILES string of the molecule is CCCn1cc(S(=O)(=O)NCCCOC)cc1CNCC. The van der Waals surface area contributed by atoms with E-state index in [4.69, 9.17) is 4.74 Å². The van der Waals surface area contributed by atoms with E-state index in [1.807, 2.05) is 11.5 Å². The first-order valence-corrected chi connectivity index (χ1v) is 8.91. The minimum absolute atomic E-state index is 0.335. The molecule has 122 valence electrons. The van der Waals surface area contributed by atoms with Gasteiger partial charge in [-0.3, -0.25) is 0 Å². The zero-order valence-corrected chi connectivity index (χ0v) is 14.0. The molecule has 2 N–H and O–H groups in total. The Kier molecular flexibility index (Phi) is 7.95. The third kappa shape index (κ3) is 5.78. The van der Waals surface area contributed by atoms with E-state index < -0.39 is 10.0 Å². The summed E-state index contributed by atoms with van der Waals surface area (Å²) >= 11 is 0. The van der Waals surface area contributed by atoms with Crippen LogP contribution in [0.3, 0.4) is 0 Å². The molecule has 1 heterocycles. The number of sulfonamides is 1. The lowest BCUT2D eigenvalue weighted by molar-refractivity contribution is 0.196. The Balaban J connectivity index is 2.80. The monoisotopic (exact) mass is 317 g/mol. The molecule has 0 spiro atoms. The van der Waals surface area contributed by atoms with Gasteiger partial charge in [-0.25, -0.2) is 13.1 Å². The van der Waals surface area contributed by atoms with Crippen molar-refractivity contribution in [3.8, 4) is 0 Å². The maximum atomic E-state index is 12.3. The van der Waals surface area contributed by atoms with Crippen LogP contribution in [0, 0.1) is 0 Å². The van der Waals surface area contributed by atoms with Gasteiger partial charge in [0.25, 0.3) is 0 Å². The van der Waals surface area contributed by atoms with Crippen LogP contribution in [0.1, 0.15) is 32.4 Å². The number of aryl methyl sites for hydroxylation is 1. The number of nitrogens with zero attached hydrogens (tertiary/aromatic N) is 1. The molecule has 0 aliphatic rings. The predicted molar refractivity (Wildman–Crippen MR) is 83.8 cm³/mol. The van der Waals surface area contributed by atoms with E-state index in [1.165, 1.54) is 0 Å². The molecule has 0 unspecified atom stereocenters. The molecule has 0 amide bonds. The molecule has 0 saturated carbocycles. The van der Waals surface area contributed by atoms with Crippen molar-refractivity contribution in [2.45, 2.75) is 44.7 Å². The fraction of sp³-hybridized carbons (Fsp3) is 0.714. The van der Waals surface area contributed by atoms with Crippen molar-refractivity contribution < 1.29 is 13.2 Å². The molecule has 0 fully saturated rings. The first-order chi connectivity index (χ1) is 10.0. The molecular formula is C14H27N3O3S. The summed E-state index contributed by atoms with van der Waals surface area (Å²) in [4.78, 5) is 0.335. The molecule has 0 aromatic carbocycles. The van der Waals surface area contributed by atoms with Crippen LogP contribution in [-0.2, 0) is 27.8 Å². The number of aromatic nitrogens is 1. The predicted octanol–water partition coefficient (Wildman–Crippen LogP) is 1.32. The Labute approximate surface area is 127 Å². The largest absolute Gasteiger partial charge is 0.385 e. The smallest absolute Gasteiger partial charge is 0.242 e. The van der Waals surface area contributed by atoms with Crippen LogP contribution in [0.4, 0.5) is 0 Å². The Morgan fingerprint density at radius 1 is 1.33 bits per heavy atom. The third-order valence-corrected chi connectivity index (χ3v) is 4.54. The van der Waals surface area contributed by atoms with Crippen LogP contribution in [0.2, 0.25) is 0 Å². The Bertz CT molecular complexity index is 512. The average Bonchev–Trinajstić information content (AvgIpc) is 2.86. The Hall–Kier alpha value is -0.890. The summed E-state index contributed by atoms with van der Waals surface area (Å²) < 4.78 is 34.0. The van der Waals surface area contributed by atoms with Crippen LogP contribution < -0.4 is 10.0 Å². The van der Waals surface area contributed by atoms with Crippen LogP contribution in [0.15, 0.2) is 17.2 Å². The summed E-state index contributed by atoms with van der Waals surface area (Å²) in [6, 6.07) is 1.75. The van der Waals surface area contributed by atoms with Gasteiger partial charge in [0.15, 0.2) is 0 Å². The van der Waals surface area contributed by atoms with Crippen LogP contribution >= 0.6 is 0 Å². The van der Waals surface area contributed by atoms with Crippen molar-refractivity contribution in [3.63, 3.8) is 0 Å². The normalized spacial score (nSPS) is 12.0. The second-order valence-corrected chi connectivity index (χ2v) is 6.65. The first-order valence-electron chi connectivity index (χ1n) is 7.43. The Morgan fingerprint density at radius 2 is 2.10 bits per heavy atom. The zero-order chi connectivity index (χ0) is 15.7. The molecule has 1 aromatic rings. The van der Waals surface area contributed by atoms with Gasteiger partial charge in [0.05, 0.1) is 4.90 Å². The number of methoxy groups -OCH3 is 1. The quantitative estimate of drug-likeness (QED) is 0.604. The third-order valence-electron chi connectivity index (χ3n) is 3.11. The van der Waals surface area contributed by atoms with E-state index in [0.717, 1.165) is 25.2 Å². The molecule has 0 aliphatic heterocycles. The summed E-state index contributed by atoms with van der Waals surface area (Å²) in [5, 5.41) is 3.24. The lowest BCUT2D eigenvalue weighted by atomic mass is 10.4. The second-order valence-electron chi connectivity index (χ2n) is 4.88. The highest BCUT2D eigenvalue weighted by atomic mass is 32.2. The highest BCUT2D eigenvalue weighted by molar-refractivity contribution is 7.89. The maximum Gasteiger partial charge on any atom is 0.242 e. The zero-order valence-electron chi connectivity index (χ0n) is 13.2. The second kappa shape index (κ2) is 9.19. The maximum absolute atomic E-state index is 12.3. The molecular weight excluding hydrogens is 290 g/mol. The fourth-order valence-corrected chi connectivity index (χ4v) is 3.17. The van der Waals surface area contributed by atoms with Crippen LogP contribution in [0.5, 0.6) is 0 Å². The van der Waals surface area contributed by atoms with E-state index in [2.05, 4.69) is 17.0 Å². The number of nitrogens with one attached hydrogen (secondary N) is 2. The van der Waals surface area contributed by atoms with Gasteiger partial charge in [-0.1, -0.05) is 13.8 Å². The summed E-state index contributed by atoms with van der Waals surface area (Å²) in [7, 11) is -1.84.